The molecule has 1 aromatic rings. The predicted octanol–water partition coefficient (Wildman–Crippen LogP) is 2.40. The van der Waals surface area contributed by atoms with E-state index in [1.165, 1.54) is 6.07 Å². The fourth-order valence-corrected chi connectivity index (χ4v) is 1.23. The Balaban J connectivity index is 2.95. The highest BCUT2D eigenvalue weighted by Gasteiger charge is 2.32. The molecule has 3 N–H and O–H groups in total. The molecule has 5 heteroatoms. The van der Waals surface area contributed by atoms with E-state index in [0.29, 0.717) is 18.7 Å². The monoisotopic (exact) mass is 218 g/mol. The van der Waals surface area contributed by atoms with Crippen LogP contribution in [0.15, 0.2) is 18.2 Å². The average Bonchev–Trinajstić information content (AvgIpc) is 2.15. The Hall–Kier alpha value is -1.23. The summed E-state index contributed by atoms with van der Waals surface area (Å²) < 4.78 is 37.4. The molecule has 0 saturated carbocycles. The SMILES string of the molecule is CCNCc1ccc(N)c(C(F)(F)F)c1. The van der Waals surface area contributed by atoms with Gasteiger partial charge in [-0.2, -0.15) is 13.2 Å². The molecular weight excluding hydrogens is 205 g/mol. The van der Waals surface area contributed by atoms with Crippen LogP contribution in [0.5, 0.6) is 0 Å². The Morgan fingerprint density at radius 2 is 2.00 bits per heavy atom. The van der Waals surface area contributed by atoms with Crippen LogP contribution in [0.2, 0.25) is 0 Å². The lowest BCUT2D eigenvalue weighted by Crippen LogP contribution is -2.14. The molecule has 0 aliphatic rings. The average molecular weight is 218 g/mol. The Bertz CT molecular complexity index is 334. The standard InChI is InChI=1S/C10H13F3N2/c1-2-15-6-7-3-4-9(14)8(5-7)10(11,12)13/h3-5,15H,2,6,14H2,1H3. The van der Waals surface area contributed by atoms with Crippen LogP contribution in [0.3, 0.4) is 0 Å². The van der Waals surface area contributed by atoms with E-state index in [9.17, 15) is 13.2 Å². The third kappa shape index (κ3) is 3.13. The summed E-state index contributed by atoms with van der Waals surface area (Å²) in [7, 11) is 0. The quantitative estimate of drug-likeness (QED) is 0.764. The van der Waals surface area contributed by atoms with Gasteiger partial charge in [-0.3, -0.25) is 0 Å². The highest BCUT2D eigenvalue weighted by atomic mass is 19.4. The van der Waals surface area contributed by atoms with E-state index in [0.717, 1.165) is 6.07 Å². The first kappa shape index (κ1) is 11.8. The normalized spacial score (nSPS) is 11.7. The number of halogens is 3. The lowest BCUT2D eigenvalue weighted by atomic mass is 10.1. The molecule has 0 unspecified atom stereocenters. The van der Waals surface area contributed by atoms with Crippen molar-refractivity contribution >= 4 is 5.69 Å². The number of nitrogens with two attached hydrogens (primary N) is 1. The second-order valence-electron chi connectivity index (χ2n) is 3.20. The number of anilines is 1. The van der Waals surface area contributed by atoms with Crippen molar-refractivity contribution in [1.82, 2.24) is 5.32 Å². The molecule has 0 saturated heterocycles. The second-order valence-corrected chi connectivity index (χ2v) is 3.20. The number of alkyl halides is 3. The molecule has 0 fully saturated rings. The highest BCUT2D eigenvalue weighted by molar-refractivity contribution is 5.50. The number of hydrogen-bond donors (Lipinski definition) is 2. The minimum Gasteiger partial charge on any atom is -0.398 e. The zero-order chi connectivity index (χ0) is 11.5. The van der Waals surface area contributed by atoms with Crippen LogP contribution >= 0.6 is 0 Å². The van der Waals surface area contributed by atoms with Gasteiger partial charge in [0.2, 0.25) is 0 Å². The molecule has 0 atom stereocenters. The van der Waals surface area contributed by atoms with E-state index in [4.69, 9.17) is 5.73 Å². The molecular formula is C10H13F3N2. The van der Waals surface area contributed by atoms with Gasteiger partial charge in [0.1, 0.15) is 0 Å². The van der Waals surface area contributed by atoms with Crippen LogP contribution in [-0.4, -0.2) is 6.54 Å². The van der Waals surface area contributed by atoms with Crippen molar-refractivity contribution in [3.63, 3.8) is 0 Å². The maximum Gasteiger partial charge on any atom is 0.418 e. The molecule has 0 amide bonds. The van der Waals surface area contributed by atoms with Crippen molar-refractivity contribution in [3.8, 4) is 0 Å². The smallest absolute Gasteiger partial charge is 0.398 e. The van der Waals surface area contributed by atoms with Crippen molar-refractivity contribution < 1.29 is 13.2 Å². The Morgan fingerprint density at radius 3 is 2.53 bits per heavy atom. The molecule has 0 aliphatic carbocycles. The third-order valence-electron chi connectivity index (χ3n) is 2.00. The van der Waals surface area contributed by atoms with Crippen LogP contribution in [0.25, 0.3) is 0 Å². The maximum atomic E-state index is 12.5. The van der Waals surface area contributed by atoms with Crippen molar-refractivity contribution in [2.24, 2.45) is 0 Å². The van der Waals surface area contributed by atoms with Gasteiger partial charge in [-0.1, -0.05) is 13.0 Å². The van der Waals surface area contributed by atoms with Crippen LogP contribution in [-0.2, 0) is 12.7 Å². The zero-order valence-corrected chi connectivity index (χ0v) is 8.36. The van der Waals surface area contributed by atoms with Gasteiger partial charge in [0.15, 0.2) is 0 Å². The van der Waals surface area contributed by atoms with E-state index in [-0.39, 0.29) is 5.69 Å². The summed E-state index contributed by atoms with van der Waals surface area (Å²) in [5, 5.41) is 2.95. The third-order valence-corrected chi connectivity index (χ3v) is 2.00. The van der Waals surface area contributed by atoms with Gasteiger partial charge >= 0.3 is 6.18 Å². The molecule has 0 aromatic heterocycles. The summed E-state index contributed by atoms with van der Waals surface area (Å²) in [5.74, 6) is 0. The van der Waals surface area contributed by atoms with Crippen molar-refractivity contribution in [3.05, 3.63) is 29.3 Å². The Labute approximate surface area is 86.3 Å². The predicted molar refractivity (Wildman–Crippen MR) is 53.2 cm³/mol. The van der Waals surface area contributed by atoms with Gasteiger partial charge in [-0.25, -0.2) is 0 Å². The van der Waals surface area contributed by atoms with E-state index in [1.54, 1.807) is 6.07 Å². The van der Waals surface area contributed by atoms with E-state index in [1.807, 2.05) is 6.92 Å². The summed E-state index contributed by atoms with van der Waals surface area (Å²) in [6, 6.07) is 3.96. The topological polar surface area (TPSA) is 38.0 Å². The first-order valence-electron chi connectivity index (χ1n) is 4.61. The molecule has 0 spiro atoms. The number of nitrogens with one attached hydrogen (secondary N) is 1. The van der Waals surface area contributed by atoms with Crippen molar-refractivity contribution in [1.29, 1.82) is 0 Å². The van der Waals surface area contributed by atoms with E-state index in [2.05, 4.69) is 5.32 Å². The largest absolute Gasteiger partial charge is 0.418 e. The summed E-state index contributed by atoms with van der Waals surface area (Å²) in [6.07, 6.45) is -4.38. The fraction of sp³-hybridized carbons (Fsp3) is 0.400. The van der Waals surface area contributed by atoms with Crippen LogP contribution in [0.4, 0.5) is 18.9 Å². The van der Waals surface area contributed by atoms with E-state index >= 15 is 0 Å². The van der Waals surface area contributed by atoms with Gasteiger partial charge < -0.3 is 11.1 Å². The van der Waals surface area contributed by atoms with Crippen LogP contribution < -0.4 is 11.1 Å². The number of benzene rings is 1. The molecule has 1 aromatic carbocycles. The molecule has 84 valence electrons. The molecule has 0 heterocycles. The van der Waals surface area contributed by atoms with Crippen molar-refractivity contribution in [2.45, 2.75) is 19.6 Å². The summed E-state index contributed by atoms with van der Waals surface area (Å²) in [6.45, 7) is 3.02. The lowest BCUT2D eigenvalue weighted by Gasteiger charge is -2.11. The highest BCUT2D eigenvalue weighted by Crippen LogP contribution is 2.33. The van der Waals surface area contributed by atoms with Gasteiger partial charge in [0, 0.05) is 12.2 Å². The van der Waals surface area contributed by atoms with Gasteiger partial charge in [-0.05, 0) is 24.2 Å². The van der Waals surface area contributed by atoms with Crippen molar-refractivity contribution in [2.75, 3.05) is 12.3 Å². The van der Waals surface area contributed by atoms with E-state index < -0.39 is 11.7 Å². The number of nitrogen functional groups attached to an aromatic ring is 1. The zero-order valence-electron chi connectivity index (χ0n) is 8.36. The molecule has 1 rings (SSSR count). The molecule has 0 bridgehead atoms. The van der Waals surface area contributed by atoms with Gasteiger partial charge in [0.05, 0.1) is 5.56 Å². The molecule has 15 heavy (non-hydrogen) atoms. The number of rotatable bonds is 3. The minimum absolute atomic E-state index is 0.234. The van der Waals surface area contributed by atoms with Gasteiger partial charge in [0.25, 0.3) is 0 Å². The Morgan fingerprint density at radius 1 is 1.33 bits per heavy atom. The summed E-state index contributed by atoms with van der Waals surface area (Å²) >= 11 is 0. The first-order chi connectivity index (χ1) is 6.95. The summed E-state index contributed by atoms with van der Waals surface area (Å²) in [4.78, 5) is 0. The van der Waals surface area contributed by atoms with Crippen LogP contribution in [0, 0.1) is 0 Å². The maximum absolute atomic E-state index is 12.5. The number of hydrogen-bond acceptors (Lipinski definition) is 2. The fourth-order valence-electron chi connectivity index (χ4n) is 1.23. The molecule has 0 aliphatic heterocycles. The second kappa shape index (κ2) is 4.53. The van der Waals surface area contributed by atoms with Gasteiger partial charge in [-0.15, -0.1) is 0 Å². The summed E-state index contributed by atoms with van der Waals surface area (Å²) in [5.41, 5.74) is 4.85. The Kier molecular flexibility index (Phi) is 3.57. The first-order valence-corrected chi connectivity index (χ1v) is 4.61. The lowest BCUT2D eigenvalue weighted by molar-refractivity contribution is -0.136. The minimum atomic E-state index is -4.38. The van der Waals surface area contributed by atoms with Crippen LogP contribution in [0.1, 0.15) is 18.1 Å². The molecule has 0 radical (unpaired) electrons. The molecule has 2 nitrogen and oxygen atoms in total.